The summed E-state index contributed by atoms with van der Waals surface area (Å²) in [5.41, 5.74) is 0.433. The Labute approximate surface area is 126 Å². The molecule has 3 nitrogen and oxygen atoms in total. The Hall–Kier alpha value is 0.360. The van der Waals surface area contributed by atoms with Gasteiger partial charge in [-0.15, -0.1) is 0 Å². The number of likely N-dealkylation sites (N-methyl/N-ethyl adjacent to an activating group) is 2. The van der Waals surface area contributed by atoms with Crippen molar-refractivity contribution in [1.82, 2.24) is 9.80 Å². The second-order valence-electron chi connectivity index (χ2n) is 6.37. The smallest absolute Gasteiger partial charge is 0.0472 e. The number of halogens is 1. The van der Waals surface area contributed by atoms with E-state index in [1.54, 1.807) is 0 Å². The van der Waals surface area contributed by atoms with Gasteiger partial charge in [0.1, 0.15) is 0 Å². The molecule has 2 rings (SSSR count). The van der Waals surface area contributed by atoms with Crippen molar-refractivity contribution in [2.24, 2.45) is 5.41 Å². The fourth-order valence-corrected chi connectivity index (χ4v) is 4.39. The van der Waals surface area contributed by atoms with Crippen LogP contribution >= 0.6 is 15.9 Å². The average Bonchev–Trinajstić information content (AvgIpc) is 2.86. The van der Waals surface area contributed by atoms with Crippen molar-refractivity contribution in [3.05, 3.63) is 0 Å². The quantitative estimate of drug-likeness (QED) is 0.695. The first-order valence-corrected chi connectivity index (χ1v) is 8.87. The maximum absolute atomic E-state index is 5.53. The minimum absolute atomic E-state index is 0.433. The van der Waals surface area contributed by atoms with E-state index in [4.69, 9.17) is 4.74 Å². The van der Waals surface area contributed by atoms with E-state index < -0.39 is 0 Å². The molecule has 2 heterocycles. The standard InChI is InChI=1S/C15H29BrN2O/c1-3-18-8-4-5-14(18)11-17(2)13-15(12-16)6-9-19-10-7-15/h14H,3-13H2,1-2H3. The summed E-state index contributed by atoms with van der Waals surface area (Å²) < 4.78 is 5.53. The van der Waals surface area contributed by atoms with Gasteiger partial charge in [-0.2, -0.15) is 0 Å². The zero-order valence-electron chi connectivity index (χ0n) is 12.5. The van der Waals surface area contributed by atoms with E-state index in [9.17, 15) is 0 Å². The van der Waals surface area contributed by atoms with Crippen LogP contribution in [0.3, 0.4) is 0 Å². The highest BCUT2D eigenvalue weighted by atomic mass is 79.9. The molecule has 2 fully saturated rings. The molecule has 0 aromatic rings. The van der Waals surface area contributed by atoms with Gasteiger partial charge in [0.05, 0.1) is 0 Å². The predicted molar refractivity (Wildman–Crippen MR) is 84.0 cm³/mol. The van der Waals surface area contributed by atoms with E-state index in [1.165, 1.54) is 51.9 Å². The molecule has 1 unspecified atom stereocenters. The topological polar surface area (TPSA) is 15.7 Å². The van der Waals surface area contributed by atoms with Gasteiger partial charge in [0.2, 0.25) is 0 Å². The lowest BCUT2D eigenvalue weighted by molar-refractivity contribution is 0.00927. The molecule has 0 aliphatic carbocycles. The van der Waals surface area contributed by atoms with Crippen molar-refractivity contribution in [2.75, 3.05) is 51.8 Å². The summed E-state index contributed by atoms with van der Waals surface area (Å²) in [5.74, 6) is 0. The second-order valence-corrected chi connectivity index (χ2v) is 6.93. The molecule has 0 saturated carbocycles. The lowest BCUT2D eigenvalue weighted by Crippen LogP contribution is -2.45. The Bertz CT molecular complexity index is 269. The van der Waals surface area contributed by atoms with E-state index in [0.717, 1.165) is 24.6 Å². The maximum atomic E-state index is 5.53. The number of hydrogen-bond acceptors (Lipinski definition) is 3. The third kappa shape index (κ3) is 4.16. The average molecular weight is 333 g/mol. The van der Waals surface area contributed by atoms with Crippen molar-refractivity contribution in [1.29, 1.82) is 0 Å². The van der Waals surface area contributed by atoms with Gasteiger partial charge < -0.3 is 9.64 Å². The van der Waals surface area contributed by atoms with Crippen molar-refractivity contribution in [3.8, 4) is 0 Å². The zero-order valence-corrected chi connectivity index (χ0v) is 14.1. The van der Waals surface area contributed by atoms with Crippen LogP contribution in [0.25, 0.3) is 0 Å². The first-order chi connectivity index (χ1) is 9.19. The van der Waals surface area contributed by atoms with E-state index in [2.05, 4.69) is 39.7 Å². The third-order valence-electron chi connectivity index (χ3n) is 4.87. The number of likely N-dealkylation sites (tertiary alicyclic amines) is 1. The van der Waals surface area contributed by atoms with Gasteiger partial charge in [0.25, 0.3) is 0 Å². The molecule has 0 aromatic carbocycles. The molecule has 0 N–H and O–H groups in total. The molecule has 2 aliphatic rings. The number of alkyl halides is 1. The van der Waals surface area contributed by atoms with Gasteiger partial charge in [0.15, 0.2) is 0 Å². The van der Waals surface area contributed by atoms with Gasteiger partial charge in [0, 0.05) is 37.7 Å². The zero-order chi connectivity index (χ0) is 13.7. The van der Waals surface area contributed by atoms with E-state index in [0.29, 0.717) is 5.41 Å². The molecule has 19 heavy (non-hydrogen) atoms. The highest BCUT2D eigenvalue weighted by molar-refractivity contribution is 9.09. The largest absolute Gasteiger partial charge is 0.381 e. The van der Waals surface area contributed by atoms with Crippen LogP contribution in [0.2, 0.25) is 0 Å². The Morgan fingerprint density at radius 2 is 2.11 bits per heavy atom. The highest BCUT2D eigenvalue weighted by Crippen LogP contribution is 2.33. The normalized spacial score (nSPS) is 28.1. The number of nitrogens with zero attached hydrogens (tertiary/aromatic N) is 2. The van der Waals surface area contributed by atoms with Gasteiger partial charge in [-0.05, 0) is 51.2 Å². The lowest BCUT2D eigenvalue weighted by Gasteiger charge is -2.40. The van der Waals surface area contributed by atoms with Crippen LogP contribution < -0.4 is 0 Å². The molecule has 0 spiro atoms. The molecule has 1 atom stereocenters. The van der Waals surface area contributed by atoms with Crippen LogP contribution in [0.5, 0.6) is 0 Å². The molecular formula is C15H29BrN2O. The van der Waals surface area contributed by atoms with E-state index >= 15 is 0 Å². The van der Waals surface area contributed by atoms with E-state index in [1.807, 2.05) is 0 Å². The Balaban J connectivity index is 1.83. The molecule has 2 aliphatic heterocycles. The summed E-state index contributed by atoms with van der Waals surface area (Å²) in [5, 5.41) is 1.11. The van der Waals surface area contributed by atoms with Crippen molar-refractivity contribution in [3.63, 3.8) is 0 Å². The van der Waals surface area contributed by atoms with Crippen LogP contribution in [0.4, 0.5) is 0 Å². The van der Waals surface area contributed by atoms with Crippen LogP contribution in [0.15, 0.2) is 0 Å². The molecule has 0 radical (unpaired) electrons. The summed E-state index contributed by atoms with van der Waals surface area (Å²) >= 11 is 3.74. The van der Waals surface area contributed by atoms with E-state index in [-0.39, 0.29) is 0 Å². The van der Waals surface area contributed by atoms with Gasteiger partial charge in [-0.3, -0.25) is 4.90 Å². The number of hydrogen-bond donors (Lipinski definition) is 0. The molecule has 112 valence electrons. The first kappa shape index (κ1) is 15.7. The summed E-state index contributed by atoms with van der Waals surface area (Å²) in [6.07, 6.45) is 5.15. The summed E-state index contributed by atoms with van der Waals surface area (Å²) in [6, 6.07) is 0.780. The number of ether oxygens (including phenoxy) is 1. The molecule has 0 aromatic heterocycles. The van der Waals surface area contributed by atoms with Crippen LogP contribution in [-0.2, 0) is 4.74 Å². The van der Waals surface area contributed by atoms with Gasteiger partial charge in [-0.1, -0.05) is 22.9 Å². The first-order valence-electron chi connectivity index (χ1n) is 7.75. The second kappa shape index (κ2) is 7.39. The van der Waals surface area contributed by atoms with Gasteiger partial charge in [-0.25, -0.2) is 0 Å². The molecule has 4 heteroatoms. The number of rotatable bonds is 6. The predicted octanol–water partition coefficient (Wildman–Crippen LogP) is 2.59. The fourth-order valence-electron chi connectivity index (χ4n) is 3.65. The molecule has 0 bridgehead atoms. The minimum Gasteiger partial charge on any atom is -0.381 e. The monoisotopic (exact) mass is 332 g/mol. The van der Waals surface area contributed by atoms with Crippen molar-refractivity contribution in [2.45, 2.75) is 38.6 Å². The SMILES string of the molecule is CCN1CCCC1CN(C)CC1(CBr)CCOCC1. The minimum atomic E-state index is 0.433. The van der Waals surface area contributed by atoms with Gasteiger partial charge >= 0.3 is 0 Å². The summed E-state index contributed by atoms with van der Waals surface area (Å²) in [6.45, 7) is 9.09. The Morgan fingerprint density at radius 1 is 1.37 bits per heavy atom. The van der Waals surface area contributed by atoms with Crippen LogP contribution in [-0.4, -0.2) is 67.6 Å². The molecular weight excluding hydrogens is 304 g/mol. The van der Waals surface area contributed by atoms with Crippen LogP contribution in [0.1, 0.15) is 32.6 Å². The Kier molecular flexibility index (Phi) is 6.12. The van der Waals surface area contributed by atoms with Crippen LogP contribution in [0, 0.1) is 5.41 Å². The molecule has 0 amide bonds. The fraction of sp³-hybridized carbons (Fsp3) is 1.00. The summed E-state index contributed by atoms with van der Waals surface area (Å²) in [4.78, 5) is 5.20. The molecule has 2 saturated heterocycles. The van der Waals surface area contributed by atoms with Crippen molar-refractivity contribution < 1.29 is 4.74 Å². The lowest BCUT2D eigenvalue weighted by atomic mass is 9.82. The summed E-state index contributed by atoms with van der Waals surface area (Å²) in [7, 11) is 2.30. The van der Waals surface area contributed by atoms with Crippen molar-refractivity contribution >= 4 is 15.9 Å². The highest BCUT2D eigenvalue weighted by Gasteiger charge is 2.34. The maximum Gasteiger partial charge on any atom is 0.0472 e. The Morgan fingerprint density at radius 3 is 2.74 bits per heavy atom. The third-order valence-corrected chi connectivity index (χ3v) is 6.06.